The van der Waals surface area contributed by atoms with Crippen LogP contribution >= 0.6 is 11.6 Å². The van der Waals surface area contributed by atoms with Gasteiger partial charge in [-0.3, -0.25) is 4.68 Å². The highest BCUT2D eigenvalue weighted by Gasteiger charge is 2.32. The fourth-order valence-corrected chi connectivity index (χ4v) is 4.00. The predicted molar refractivity (Wildman–Crippen MR) is 64.2 cm³/mol. The number of hydrogen-bond acceptors (Lipinski definition) is 4. The van der Waals surface area contributed by atoms with E-state index in [2.05, 4.69) is 5.10 Å². The molecule has 2 heterocycles. The number of piperidine rings is 1. The van der Waals surface area contributed by atoms with E-state index in [1.165, 1.54) is 15.2 Å². The molecule has 0 atom stereocenters. The van der Waals surface area contributed by atoms with Crippen molar-refractivity contribution in [1.82, 2.24) is 14.1 Å². The number of halogens is 1. The molecule has 8 heteroatoms. The lowest BCUT2D eigenvalue weighted by Gasteiger charge is -2.29. The topological polar surface area (TPSA) is 81.2 Å². The third-order valence-corrected chi connectivity index (χ3v) is 5.33. The minimum Gasteiger partial charge on any atom is -0.328 e. The molecule has 0 radical (unpaired) electrons. The summed E-state index contributed by atoms with van der Waals surface area (Å²) in [5.41, 5.74) is 5.75. The fraction of sp³-hybridized carbons (Fsp3) is 0.667. The number of rotatable bonds is 2. The van der Waals surface area contributed by atoms with Crippen molar-refractivity contribution in [2.75, 3.05) is 13.1 Å². The van der Waals surface area contributed by atoms with E-state index in [1.54, 1.807) is 7.05 Å². The van der Waals surface area contributed by atoms with Crippen LogP contribution in [0.5, 0.6) is 0 Å². The molecule has 1 aliphatic heterocycles. The zero-order valence-electron chi connectivity index (χ0n) is 9.50. The minimum atomic E-state index is -3.56. The van der Waals surface area contributed by atoms with E-state index >= 15 is 0 Å². The van der Waals surface area contributed by atoms with Gasteiger partial charge in [0.05, 0.1) is 11.2 Å². The maximum Gasteiger partial charge on any atom is 0.261 e. The molecule has 2 rings (SSSR count). The van der Waals surface area contributed by atoms with Crippen LogP contribution in [-0.2, 0) is 17.1 Å². The van der Waals surface area contributed by atoms with Gasteiger partial charge >= 0.3 is 0 Å². The zero-order valence-corrected chi connectivity index (χ0v) is 11.1. The Labute approximate surface area is 105 Å². The Morgan fingerprint density at radius 3 is 2.53 bits per heavy atom. The number of nitrogens with zero attached hydrogens (tertiary/aromatic N) is 3. The number of aryl methyl sites for hydroxylation is 1. The highest BCUT2D eigenvalue weighted by Crippen LogP contribution is 2.25. The van der Waals surface area contributed by atoms with Gasteiger partial charge in [-0.1, -0.05) is 11.6 Å². The van der Waals surface area contributed by atoms with Crippen LogP contribution in [0.2, 0.25) is 5.02 Å². The Balaban J connectivity index is 2.31. The summed E-state index contributed by atoms with van der Waals surface area (Å²) in [5, 5.41) is 4.05. The van der Waals surface area contributed by atoms with Gasteiger partial charge in [-0.25, -0.2) is 8.42 Å². The largest absolute Gasteiger partial charge is 0.328 e. The zero-order chi connectivity index (χ0) is 12.6. The molecule has 1 aromatic heterocycles. The minimum absolute atomic E-state index is 0.0506. The van der Waals surface area contributed by atoms with E-state index < -0.39 is 10.0 Å². The maximum absolute atomic E-state index is 12.3. The molecule has 1 fully saturated rings. The second-order valence-corrected chi connectivity index (χ2v) is 6.42. The van der Waals surface area contributed by atoms with Crippen molar-refractivity contribution in [1.29, 1.82) is 0 Å². The standard InChI is InChI=1S/C9H15ClN4O2S/c1-13-9(8(10)6-12-13)17(15,16)14-4-2-7(11)3-5-14/h6-7H,2-5,11H2,1H3. The first-order valence-corrected chi connectivity index (χ1v) is 7.18. The molecule has 96 valence electrons. The summed E-state index contributed by atoms with van der Waals surface area (Å²) in [6.07, 6.45) is 2.69. The average Bonchev–Trinajstić information content (AvgIpc) is 2.59. The fourth-order valence-electron chi connectivity index (χ4n) is 1.93. The van der Waals surface area contributed by atoms with Gasteiger partial charge in [0, 0.05) is 26.2 Å². The van der Waals surface area contributed by atoms with Gasteiger partial charge < -0.3 is 5.73 Å². The van der Waals surface area contributed by atoms with E-state index in [4.69, 9.17) is 17.3 Å². The molecule has 1 aliphatic rings. The Morgan fingerprint density at radius 2 is 2.06 bits per heavy atom. The van der Waals surface area contributed by atoms with Crippen molar-refractivity contribution in [3.63, 3.8) is 0 Å². The van der Waals surface area contributed by atoms with Gasteiger partial charge in [0.2, 0.25) is 0 Å². The Hall–Kier alpha value is -0.630. The van der Waals surface area contributed by atoms with E-state index in [0.29, 0.717) is 25.9 Å². The second-order valence-electron chi connectivity index (χ2n) is 4.16. The monoisotopic (exact) mass is 278 g/mol. The Morgan fingerprint density at radius 1 is 1.47 bits per heavy atom. The molecule has 0 unspecified atom stereocenters. The quantitative estimate of drug-likeness (QED) is 0.837. The molecule has 1 saturated heterocycles. The van der Waals surface area contributed by atoms with Gasteiger partial charge in [-0.05, 0) is 12.8 Å². The molecule has 0 saturated carbocycles. The van der Waals surface area contributed by atoms with Gasteiger partial charge in [0.1, 0.15) is 0 Å². The number of sulfonamides is 1. The Kier molecular flexibility index (Phi) is 3.44. The molecule has 0 aliphatic carbocycles. The van der Waals surface area contributed by atoms with Crippen molar-refractivity contribution in [2.45, 2.75) is 23.9 Å². The number of hydrogen-bond donors (Lipinski definition) is 1. The highest BCUT2D eigenvalue weighted by molar-refractivity contribution is 7.89. The third kappa shape index (κ3) is 2.33. The van der Waals surface area contributed by atoms with Crippen molar-refractivity contribution in [3.8, 4) is 0 Å². The molecule has 6 nitrogen and oxygen atoms in total. The normalized spacial score (nSPS) is 19.7. The molecule has 17 heavy (non-hydrogen) atoms. The van der Waals surface area contributed by atoms with Crippen LogP contribution in [-0.4, -0.2) is 41.6 Å². The maximum atomic E-state index is 12.3. The second kappa shape index (κ2) is 4.56. The van der Waals surface area contributed by atoms with Crippen LogP contribution in [0.4, 0.5) is 0 Å². The lowest BCUT2D eigenvalue weighted by atomic mass is 10.1. The molecule has 0 bridgehead atoms. The number of aromatic nitrogens is 2. The summed E-state index contributed by atoms with van der Waals surface area (Å²) in [6, 6.07) is 0.0865. The summed E-state index contributed by atoms with van der Waals surface area (Å²) in [5.74, 6) is 0. The van der Waals surface area contributed by atoms with Crippen molar-refractivity contribution < 1.29 is 8.42 Å². The summed E-state index contributed by atoms with van der Waals surface area (Å²) in [7, 11) is -1.99. The molecule has 0 aromatic carbocycles. The molecular weight excluding hydrogens is 264 g/mol. The van der Waals surface area contributed by atoms with Crippen LogP contribution in [0.1, 0.15) is 12.8 Å². The van der Waals surface area contributed by atoms with E-state index in [1.807, 2.05) is 0 Å². The first kappa shape index (κ1) is 12.8. The van der Waals surface area contributed by atoms with Crippen LogP contribution < -0.4 is 5.73 Å². The summed E-state index contributed by atoms with van der Waals surface area (Å²) < 4.78 is 27.4. The lowest BCUT2D eigenvalue weighted by molar-refractivity contribution is 0.318. The van der Waals surface area contributed by atoms with Crippen molar-refractivity contribution >= 4 is 21.6 Å². The van der Waals surface area contributed by atoms with Crippen molar-refractivity contribution in [2.24, 2.45) is 12.8 Å². The lowest BCUT2D eigenvalue weighted by Crippen LogP contribution is -2.43. The summed E-state index contributed by atoms with van der Waals surface area (Å²) in [4.78, 5) is 0. The highest BCUT2D eigenvalue weighted by atomic mass is 35.5. The molecule has 0 spiro atoms. The van der Waals surface area contributed by atoms with Crippen LogP contribution in [0.3, 0.4) is 0 Å². The van der Waals surface area contributed by atoms with E-state index in [0.717, 1.165) is 0 Å². The SMILES string of the molecule is Cn1ncc(Cl)c1S(=O)(=O)N1CCC(N)CC1. The first-order chi connectivity index (χ1) is 7.93. The smallest absolute Gasteiger partial charge is 0.261 e. The molecule has 1 aromatic rings. The predicted octanol–water partition coefficient (Wildman–Crippen LogP) is 0.185. The van der Waals surface area contributed by atoms with Gasteiger partial charge in [0.25, 0.3) is 10.0 Å². The number of nitrogens with two attached hydrogens (primary N) is 1. The molecule has 2 N–H and O–H groups in total. The van der Waals surface area contributed by atoms with Crippen LogP contribution in [0.25, 0.3) is 0 Å². The van der Waals surface area contributed by atoms with E-state index in [-0.39, 0.29) is 16.1 Å². The van der Waals surface area contributed by atoms with Gasteiger partial charge in [0.15, 0.2) is 5.03 Å². The van der Waals surface area contributed by atoms with E-state index in [9.17, 15) is 8.42 Å². The van der Waals surface area contributed by atoms with Gasteiger partial charge in [-0.15, -0.1) is 0 Å². The van der Waals surface area contributed by atoms with Gasteiger partial charge in [-0.2, -0.15) is 9.40 Å². The van der Waals surface area contributed by atoms with Crippen LogP contribution in [0.15, 0.2) is 11.2 Å². The molecule has 0 amide bonds. The van der Waals surface area contributed by atoms with Crippen molar-refractivity contribution in [3.05, 3.63) is 11.2 Å². The Bertz CT molecular complexity index is 486. The average molecular weight is 279 g/mol. The third-order valence-electron chi connectivity index (χ3n) is 2.93. The summed E-state index contributed by atoms with van der Waals surface area (Å²) in [6.45, 7) is 0.871. The molecular formula is C9H15ClN4O2S. The summed E-state index contributed by atoms with van der Waals surface area (Å²) >= 11 is 5.86. The van der Waals surface area contributed by atoms with Crippen LogP contribution in [0, 0.1) is 0 Å². The first-order valence-electron chi connectivity index (χ1n) is 5.36.